The fraction of sp³-hybridized carbons (Fsp3) is 0.471. The van der Waals surface area contributed by atoms with Gasteiger partial charge in [-0.15, -0.1) is 0 Å². The molecule has 8 heteroatoms. The first-order valence-corrected chi connectivity index (χ1v) is 7.99. The molecule has 0 aromatic heterocycles. The minimum absolute atomic E-state index is 0.0471. The van der Waals surface area contributed by atoms with E-state index in [0.29, 0.717) is 18.9 Å². The minimum Gasteiger partial charge on any atom is -0.378 e. The Morgan fingerprint density at radius 2 is 1.88 bits per heavy atom. The van der Waals surface area contributed by atoms with Crippen molar-refractivity contribution in [2.75, 3.05) is 19.0 Å². The molecular weight excluding hydrogens is 335 g/mol. The molecule has 25 heavy (non-hydrogen) atoms. The van der Waals surface area contributed by atoms with Gasteiger partial charge in [0.25, 0.3) is 11.6 Å². The van der Waals surface area contributed by atoms with E-state index in [1.54, 1.807) is 17.0 Å². The van der Waals surface area contributed by atoms with Crippen LogP contribution in [0.4, 0.5) is 18.9 Å². The summed E-state index contributed by atoms with van der Waals surface area (Å²) >= 11 is 0. The largest absolute Gasteiger partial charge is 0.442 e. The Morgan fingerprint density at radius 3 is 2.36 bits per heavy atom. The van der Waals surface area contributed by atoms with Gasteiger partial charge in [0.05, 0.1) is 0 Å². The zero-order valence-corrected chi connectivity index (χ0v) is 14.4. The fourth-order valence-corrected chi connectivity index (χ4v) is 2.51. The van der Waals surface area contributed by atoms with Crippen molar-refractivity contribution in [1.82, 2.24) is 10.4 Å². The molecule has 138 valence electrons. The van der Waals surface area contributed by atoms with Crippen LogP contribution in [0.5, 0.6) is 0 Å². The number of benzene rings is 1. The number of anilines is 1. The molecule has 0 saturated heterocycles. The number of nitrogens with one attached hydrogen (secondary N) is 1. The second kappa shape index (κ2) is 6.95. The number of carbonyl (C=O) groups excluding carboxylic acids is 1. The molecule has 2 N–H and O–H groups in total. The Kier molecular flexibility index (Phi) is 5.31. The number of amides is 1. The van der Waals surface area contributed by atoms with Gasteiger partial charge in [-0.25, -0.2) is 5.01 Å². The summed E-state index contributed by atoms with van der Waals surface area (Å²) in [5, 5.41) is 10.4. The van der Waals surface area contributed by atoms with Crippen LogP contribution < -0.4 is 10.3 Å². The van der Waals surface area contributed by atoms with Crippen molar-refractivity contribution < 1.29 is 23.1 Å². The van der Waals surface area contributed by atoms with Crippen LogP contribution in [0.25, 0.3) is 0 Å². The number of aliphatic hydroxyl groups is 1. The van der Waals surface area contributed by atoms with E-state index in [1.807, 2.05) is 21.0 Å². The minimum atomic E-state index is -5.02. The van der Waals surface area contributed by atoms with Gasteiger partial charge in [0.2, 0.25) is 0 Å². The van der Waals surface area contributed by atoms with Gasteiger partial charge in [-0.1, -0.05) is 13.3 Å². The third-order valence-electron chi connectivity index (χ3n) is 4.02. The highest BCUT2D eigenvalue weighted by Gasteiger charge is 2.61. The van der Waals surface area contributed by atoms with E-state index in [0.717, 1.165) is 12.1 Å². The van der Waals surface area contributed by atoms with Crippen molar-refractivity contribution >= 4 is 11.6 Å². The SMILES string of the molecule is CCCCC1=C[C@@](O)(C(F)(F)F)N(C(=O)c2ccc(N(C)C)cc2)N1. The van der Waals surface area contributed by atoms with Gasteiger partial charge in [0.15, 0.2) is 0 Å². The monoisotopic (exact) mass is 357 g/mol. The zero-order chi connectivity index (χ0) is 18.8. The number of unbranched alkanes of at least 4 members (excludes halogenated alkanes) is 1. The molecular formula is C17H22F3N3O2. The lowest BCUT2D eigenvalue weighted by Gasteiger charge is -2.33. The van der Waals surface area contributed by atoms with Crippen LogP contribution in [0.15, 0.2) is 36.0 Å². The summed E-state index contributed by atoms with van der Waals surface area (Å²) in [6, 6.07) is 6.11. The molecule has 0 radical (unpaired) electrons. The molecule has 0 bridgehead atoms. The van der Waals surface area contributed by atoms with Crippen molar-refractivity contribution in [2.24, 2.45) is 0 Å². The standard InChI is InChI=1S/C17H22F3N3O2/c1-4-5-6-13-11-16(25,17(18,19)20)23(21-13)15(24)12-7-9-14(10-8-12)22(2)3/h7-11,21,25H,4-6H2,1-3H3/t16-/m1/s1. The maximum absolute atomic E-state index is 13.4. The topological polar surface area (TPSA) is 55.8 Å². The van der Waals surface area contributed by atoms with Crippen LogP contribution >= 0.6 is 0 Å². The molecule has 0 fully saturated rings. The number of alkyl halides is 3. The second-order valence-corrected chi connectivity index (χ2v) is 6.19. The van der Waals surface area contributed by atoms with Gasteiger partial charge < -0.3 is 10.0 Å². The van der Waals surface area contributed by atoms with Crippen LogP contribution in [0, 0.1) is 0 Å². The van der Waals surface area contributed by atoms with E-state index in [-0.39, 0.29) is 16.3 Å². The predicted molar refractivity (Wildman–Crippen MR) is 88.7 cm³/mol. The first kappa shape index (κ1) is 19.1. The number of allylic oxidation sites excluding steroid dienone is 1. The van der Waals surface area contributed by atoms with Gasteiger partial charge in [-0.2, -0.15) is 13.2 Å². The highest BCUT2D eigenvalue weighted by molar-refractivity contribution is 5.95. The summed E-state index contributed by atoms with van der Waals surface area (Å²) in [5.74, 6) is -0.951. The number of nitrogens with zero attached hydrogens (tertiary/aromatic N) is 2. The fourth-order valence-electron chi connectivity index (χ4n) is 2.51. The molecule has 1 aliphatic rings. The van der Waals surface area contributed by atoms with Crippen LogP contribution in [-0.2, 0) is 0 Å². The molecule has 1 aromatic carbocycles. The molecule has 0 unspecified atom stereocenters. The van der Waals surface area contributed by atoms with Crippen LogP contribution in [0.3, 0.4) is 0 Å². The molecule has 1 heterocycles. The highest BCUT2D eigenvalue weighted by atomic mass is 19.4. The number of halogens is 3. The first-order valence-electron chi connectivity index (χ1n) is 7.99. The van der Waals surface area contributed by atoms with E-state index in [9.17, 15) is 23.1 Å². The summed E-state index contributed by atoms with van der Waals surface area (Å²) in [7, 11) is 3.62. The molecule has 1 aliphatic heterocycles. The Hall–Kier alpha value is -2.22. The average molecular weight is 357 g/mol. The van der Waals surface area contributed by atoms with Crippen molar-refractivity contribution in [3.8, 4) is 0 Å². The van der Waals surface area contributed by atoms with E-state index >= 15 is 0 Å². The first-order chi connectivity index (χ1) is 11.6. The predicted octanol–water partition coefficient (Wildman–Crippen LogP) is 3.04. The van der Waals surface area contributed by atoms with Gasteiger partial charge in [0, 0.05) is 31.0 Å². The summed E-state index contributed by atoms with van der Waals surface area (Å²) < 4.78 is 40.2. The Labute approximate surface area is 144 Å². The van der Waals surface area contributed by atoms with Crippen molar-refractivity contribution in [3.05, 3.63) is 41.6 Å². The Bertz CT molecular complexity index is 656. The molecule has 0 saturated carbocycles. The molecule has 1 amide bonds. The number of hydrazine groups is 1. The third kappa shape index (κ3) is 3.73. The lowest BCUT2D eigenvalue weighted by Crippen LogP contribution is -2.60. The quantitative estimate of drug-likeness (QED) is 0.851. The summed E-state index contributed by atoms with van der Waals surface area (Å²) in [6.07, 6.45) is -2.60. The lowest BCUT2D eigenvalue weighted by molar-refractivity contribution is -0.283. The average Bonchev–Trinajstić information content (AvgIpc) is 2.90. The maximum atomic E-state index is 13.4. The van der Waals surface area contributed by atoms with Crippen LogP contribution in [0.1, 0.15) is 36.5 Å². The maximum Gasteiger partial charge on any atom is 0.442 e. The highest BCUT2D eigenvalue weighted by Crippen LogP contribution is 2.39. The molecule has 5 nitrogen and oxygen atoms in total. The van der Waals surface area contributed by atoms with E-state index in [4.69, 9.17) is 0 Å². The van der Waals surface area contributed by atoms with Gasteiger partial charge >= 0.3 is 6.18 Å². The number of rotatable bonds is 5. The molecule has 0 aliphatic carbocycles. The molecule has 2 rings (SSSR count). The van der Waals surface area contributed by atoms with Gasteiger partial charge in [0.1, 0.15) is 0 Å². The summed E-state index contributed by atoms with van der Waals surface area (Å²) in [5.41, 5.74) is 0.0874. The summed E-state index contributed by atoms with van der Waals surface area (Å²) in [6.45, 7) is 1.90. The number of hydrogen-bond donors (Lipinski definition) is 2. The van der Waals surface area contributed by atoms with Crippen molar-refractivity contribution in [3.63, 3.8) is 0 Å². The van der Waals surface area contributed by atoms with Crippen molar-refractivity contribution in [1.29, 1.82) is 0 Å². The number of hydrogen-bond acceptors (Lipinski definition) is 4. The van der Waals surface area contributed by atoms with Crippen LogP contribution in [0.2, 0.25) is 0 Å². The van der Waals surface area contributed by atoms with Gasteiger partial charge in [-0.3, -0.25) is 10.2 Å². The molecule has 0 spiro atoms. The number of carbonyl (C=O) groups is 1. The van der Waals surface area contributed by atoms with Crippen LogP contribution in [-0.4, -0.2) is 42.0 Å². The normalized spacial score (nSPS) is 20.3. The van der Waals surface area contributed by atoms with E-state index in [1.165, 1.54) is 12.1 Å². The van der Waals surface area contributed by atoms with Gasteiger partial charge in [-0.05, 0) is 43.2 Å². The molecule has 1 atom stereocenters. The Balaban J connectivity index is 2.30. The summed E-state index contributed by atoms with van der Waals surface area (Å²) in [4.78, 5) is 14.4. The molecule has 1 aromatic rings. The zero-order valence-electron chi connectivity index (χ0n) is 14.4. The smallest absolute Gasteiger partial charge is 0.378 e. The van der Waals surface area contributed by atoms with Crippen molar-refractivity contribution in [2.45, 2.75) is 38.1 Å². The van der Waals surface area contributed by atoms with E-state index in [2.05, 4.69) is 5.43 Å². The third-order valence-corrected chi connectivity index (χ3v) is 4.02. The van der Waals surface area contributed by atoms with E-state index < -0.39 is 17.8 Å². The Morgan fingerprint density at radius 1 is 1.28 bits per heavy atom. The second-order valence-electron chi connectivity index (χ2n) is 6.19. The lowest BCUT2D eigenvalue weighted by atomic mass is 10.1.